The molecule has 34 heavy (non-hydrogen) atoms. The molecule has 2 heterocycles. The van der Waals surface area contributed by atoms with Crippen molar-refractivity contribution in [3.63, 3.8) is 0 Å². The number of carbonyl (C=O) groups is 2. The molecule has 2 aliphatic rings. The van der Waals surface area contributed by atoms with Crippen LogP contribution in [0.15, 0.2) is 53.5 Å². The van der Waals surface area contributed by atoms with Crippen LogP contribution in [-0.4, -0.2) is 53.0 Å². The van der Waals surface area contributed by atoms with Gasteiger partial charge in [-0.2, -0.15) is 13.2 Å². The highest BCUT2D eigenvalue weighted by atomic mass is 19.4. The molecule has 1 aliphatic carbocycles. The summed E-state index contributed by atoms with van der Waals surface area (Å²) in [7, 11) is 0. The van der Waals surface area contributed by atoms with E-state index in [4.69, 9.17) is 0 Å². The van der Waals surface area contributed by atoms with E-state index in [9.17, 15) is 27.6 Å². The number of nitrogens with one attached hydrogen (secondary N) is 2. The monoisotopic (exact) mass is 476 g/mol. The Hall–Kier alpha value is -3.14. The Morgan fingerprint density at radius 1 is 0.971 bits per heavy atom. The number of hydrogen-bond donors (Lipinski definition) is 2. The van der Waals surface area contributed by atoms with E-state index in [0.29, 0.717) is 19.1 Å². The Labute approximate surface area is 194 Å². The van der Waals surface area contributed by atoms with Gasteiger partial charge in [-0.15, -0.1) is 0 Å². The molecule has 0 unspecified atom stereocenters. The highest BCUT2D eigenvalue weighted by Crippen LogP contribution is 2.32. The van der Waals surface area contributed by atoms with Gasteiger partial charge in [-0.05, 0) is 49.9 Å². The zero-order valence-electron chi connectivity index (χ0n) is 18.6. The van der Waals surface area contributed by atoms with Crippen LogP contribution in [0.2, 0.25) is 0 Å². The van der Waals surface area contributed by atoms with Crippen molar-refractivity contribution in [3.8, 4) is 0 Å². The summed E-state index contributed by atoms with van der Waals surface area (Å²) in [5.41, 5.74) is -1.03. The maximum atomic E-state index is 12.8. The molecule has 1 aromatic heterocycles. The van der Waals surface area contributed by atoms with Crippen LogP contribution in [0.3, 0.4) is 0 Å². The molecule has 2 aromatic rings. The molecule has 1 saturated heterocycles. The molecule has 0 radical (unpaired) electrons. The van der Waals surface area contributed by atoms with Crippen molar-refractivity contribution >= 4 is 11.8 Å². The van der Waals surface area contributed by atoms with Gasteiger partial charge >= 0.3 is 6.18 Å². The maximum Gasteiger partial charge on any atom is 0.416 e. The molecule has 10 heteroatoms. The second kappa shape index (κ2) is 10.0. The van der Waals surface area contributed by atoms with Crippen molar-refractivity contribution in [2.45, 2.75) is 50.0 Å². The van der Waals surface area contributed by atoms with Crippen LogP contribution in [0.5, 0.6) is 0 Å². The third-order valence-electron chi connectivity index (χ3n) is 6.56. The molecule has 0 atom stereocenters. The molecule has 4 rings (SSSR count). The van der Waals surface area contributed by atoms with E-state index >= 15 is 0 Å². The van der Waals surface area contributed by atoms with Gasteiger partial charge in [0.15, 0.2) is 0 Å². The molecule has 1 aliphatic heterocycles. The summed E-state index contributed by atoms with van der Waals surface area (Å²) < 4.78 is 40.2. The SMILES string of the molecule is O=C(CNC(=O)c1cccc(C(F)(F)F)c1)NC1CN([C@H]2CC[C@@H](n3ccccc3=O)CC2)C1. The summed E-state index contributed by atoms with van der Waals surface area (Å²) in [6, 6.07) is 9.91. The second-order valence-corrected chi connectivity index (χ2v) is 8.89. The molecule has 7 nitrogen and oxygen atoms in total. The molecule has 0 bridgehead atoms. The molecular weight excluding hydrogens is 449 g/mol. The number of rotatable bonds is 6. The lowest BCUT2D eigenvalue weighted by Crippen LogP contribution is -2.63. The smallest absolute Gasteiger partial charge is 0.349 e. The van der Waals surface area contributed by atoms with E-state index in [2.05, 4.69) is 15.5 Å². The van der Waals surface area contributed by atoms with Crippen LogP contribution in [0, 0.1) is 0 Å². The molecule has 2 amide bonds. The normalized spacial score (nSPS) is 21.5. The number of likely N-dealkylation sites (tertiary alicyclic amines) is 1. The third kappa shape index (κ3) is 5.67. The molecule has 2 N–H and O–H groups in total. The van der Waals surface area contributed by atoms with Gasteiger partial charge in [0.05, 0.1) is 18.2 Å². The van der Waals surface area contributed by atoms with Crippen molar-refractivity contribution in [1.82, 2.24) is 20.1 Å². The van der Waals surface area contributed by atoms with Gasteiger partial charge in [0.25, 0.3) is 11.5 Å². The molecule has 182 valence electrons. The zero-order valence-corrected chi connectivity index (χ0v) is 18.6. The topological polar surface area (TPSA) is 83.4 Å². The summed E-state index contributed by atoms with van der Waals surface area (Å²) in [4.78, 5) is 38.6. The Bertz CT molecular complexity index is 1090. The number of aromatic nitrogens is 1. The van der Waals surface area contributed by atoms with Crippen LogP contribution in [0.4, 0.5) is 13.2 Å². The van der Waals surface area contributed by atoms with Crippen LogP contribution in [-0.2, 0) is 11.0 Å². The number of halogens is 3. The van der Waals surface area contributed by atoms with E-state index in [1.807, 2.05) is 16.8 Å². The lowest BCUT2D eigenvalue weighted by atomic mass is 9.88. The minimum absolute atomic E-state index is 0.0209. The number of nitrogens with zero attached hydrogens (tertiary/aromatic N) is 2. The fraction of sp³-hybridized carbons (Fsp3) is 0.458. The summed E-state index contributed by atoms with van der Waals surface area (Å²) >= 11 is 0. The van der Waals surface area contributed by atoms with Crippen molar-refractivity contribution in [1.29, 1.82) is 0 Å². The molecular formula is C24H27F3N4O3. The van der Waals surface area contributed by atoms with Crippen molar-refractivity contribution in [2.24, 2.45) is 0 Å². The standard InChI is InChI=1S/C24H27F3N4O3/c25-24(26,27)17-5-3-4-16(12-17)23(34)28-13-21(32)29-18-14-30(15-18)19-7-9-20(10-8-19)31-11-2-1-6-22(31)33/h1-6,11-12,18-20H,7-10,13-15H2,(H,28,34)(H,29,32)/t19-,20+. The van der Waals surface area contributed by atoms with Crippen molar-refractivity contribution in [3.05, 3.63) is 70.1 Å². The number of pyridine rings is 1. The highest BCUT2D eigenvalue weighted by molar-refractivity contribution is 5.96. The Morgan fingerprint density at radius 2 is 1.68 bits per heavy atom. The average Bonchev–Trinajstić information content (AvgIpc) is 2.79. The maximum absolute atomic E-state index is 12.8. The van der Waals surface area contributed by atoms with Gasteiger partial charge < -0.3 is 15.2 Å². The van der Waals surface area contributed by atoms with Crippen molar-refractivity contribution in [2.75, 3.05) is 19.6 Å². The zero-order chi connectivity index (χ0) is 24.3. The van der Waals surface area contributed by atoms with Gasteiger partial charge in [0.1, 0.15) is 0 Å². The second-order valence-electron chi connectivity index (χ2n) is 8.89. The number of carbonyl (C=O) groups excluding carboxylic acids is 2. The lowest BCUT2D eigenvalue weighted by molar-refractivity contribution is -0.137. The summed E-state index contributed by atoms with van der Waals surface area (Å²) in [6.07, 6.45) is 1.14. The van der Waals surface area contributed by atoms with Gasteiger partial charge in [-0.3, -0.25) is 19.3 Å². The number of amides is 2. The molecule has 1 aromatic carbocycles. The average molecular weight is 476 g/mol. The van der Waals surface area contributed by atoms with E-state index < -0.39 is 17.6 Å². The van der Waals surface area contributed by atoms with E-state index in [0.717, 1.165) is 43.9 Å². The molecule has 1 saturated carbocycles. The summed E-state index contributed by atoms with van der Waals surface area (Å²) in [5, 5.41) is 5.22. The van der Waals surface area contributed by atoms with Crippen LogP contribution >= 0.6 is 0 Å². The molecule has 0 spiro atoms. The highest BCUT2D eigenvalue weighted by Gasteiger charge is 2.35. The van der Waals surface area contributed by atoms with E-state index in [1.54, 1.807) is 12.1 Å². The quantitative estimate of drug-likeness (QED) is 0.672. The van der Waals surface area contributed by atoms with Gasteiger partial charge in [-0.1, -0.05) is 12.1 Å². The van der Waals surface area contributed by atoms with Gasteiger partial charge in [0.2, 0.25) is 5.91 Å². The summed E-state index contributed by atoms with van der Waals surface area (Å²) in [5.74, 6) is -1.11. The third-order valence-corrected chi connectivity index (χ3v) is 6.56. The fourth-order valence-corrected chi connectivity index (χ4v) is 4.72. The number of benzene rings is 1. The van der Waals surface area contributed by atoms with E-state index in [-0.39, 0.29) is 35.7 Å². The van der Waals surface area contributed by atoms with Crippen LogP contribution in [0.25, 0.3) is 0 Å². The predicted molar refractivity (Wildman–Crippen MR) is 119 cm³/mol. The predicted octanol–water partition coefficient (Wildman–Crippen LogP) is 2.58. The number of hydrogen-bond acceptors (Lipinski definition) is 4. The van der Waals surface area contributed by atoms with E-state index in [1.165, 1.54) is 6.07 Å². The van der Waals surface area contributed by atoms with Gasteiger partial charge in [-0.25, -0.2) is 0 Å². The first-order chi connectivity index (χ1) is 16.2. The number of alkyl halides is 3. The fourth-order valence-electron chi connectivity index (χ4n) is 4.72. The Morgan fingerprint density at radius 3 is 2.35 bits per heavy atom. The Kier molecular flexibility index (Phi) is 7.06. The minimum atomic E-state index is -4.54. The first-order valence-electron chi connectivity index (χ1n) is 11.4. The van der Waals surface area contributed by atoms with Crippen LogP contribution in [0.1, 0.15) is 47.6 Å². The molecule has 2 fully saturated rings. The summed E-state index contributed by atoms with van der Waals surface area (Å²) in [6.45, 7) is 1.13. The Balaban J connectivity index is 1.17. The largest absolute Gasteiger partial charge is 0.416 e. The lowest BCUT2D eigenvalue weighted by Gasteiger charge is -2.46. The first-order valence-corrected chi connectivity index (χ1v) is 11.4. The van der Waals surface area contributed by atoms with Crippen molar-refractivity contribution < 1.29 is 22.8 Å². The van der Waals surface area contributed by atoms with Gasteiger partial charge in [0, 0.05) is 43.0 Å². The minimum Gasteiger partial charge on any atom is -0.349 e. The first kappa shape index (κ1) is 24.0. The van der Waals surface area contributed by atoms with Crippen LogP contribution < -0.4 is 16.2 Å².